The number of piperidine rings is 1. The maximum Gasteiger partial charge on any atom is 0.407 e. The summed E-state index contributed by atoms with van der Waals surface area (Å²) in [6.45, 7) is 0.823. The van der Waals surface area contributed by atoms with E-state index in [-0.39, 0.29) is 23.8 Å². The molecular weight excluding hydrogens is 442 g/mol. The Kier molecular flexibility index (Phi) is 5.37. The zero-order valence-electron chi connectivity index (χ0n) is 18.0. The van der Waals surface area contributed by atoms with Gasteiger partial charge in [0, 0.05) is 43.4 Å². The van der Waals surface area contributed by atoms with Gasteiger partial charge in [-0.15, -0.1) is 11.3 Å². The Morgan fingerprint density at radius 3 is 2.55 bits per heavy atom. The van der Waals surface area contributed by atoms with E-state index >= 15 is 0 Å². The van der Waals surface area contributed by atoms with Crippen molar-refractivity contribution in [3.63, 3.8) is 0 Å². The second-order valence-electron chi connectivity index (χ2n) is 8.19. The minimum Gasteiger partial charge on any atom is -0.465 e. The fourth-order valence-electron chi connectivity index (χ4n) is 4.39. The van der Waals surface area contributed by atoms with Gasteiger partial charge >= 0.3 is 11.8 Å². The third-order valence-electron chi connectivity index (χ3n) is 6.23. The van der Waals surface area contributed by atoms with Crippen molar-refractivity contribution >= 4 is 27.6 Å². The van der Waals surface area contributed by atoms with E-state index < -0.39 is 6.09 Å². The molecule has 0 bridgehead atoms. The highest BCUT2D eigenvalue weighted by molar-refractivity contribution is 7.22. The van der Waals surface area contributed by atoms with E-state index in [1.165, 1.54) is 20.8 Å². The number of likely N-dealkylation sites (tertiary alicyclic amines) is 1. The Labute approximate surface area is 192 Å². The molecule has 10 heteroatoms. The lowest BCUT2D eigenvalue weighted by Gasteiger charge is -2.30. The van der Waals surface area contributed by atoms with Gasteiger partial charge < -0.3 is 14.6 Å². The van der Waals surface area contributed by atoms with Gasteiger partial charge in [-0.25, -0.2) is 14.6 Å². The summed E-state index contributed by atoms with van der Waals surface area (Å²) in [4.78, 5) is 45.1. The van der Waals surface area contributed by atoms with Crippen LogP contribution in [0.1, 0.15) is 24.7 Å². The van der Waals surface area contributed by atoms with E-state index in [9.17, 15) is 19.5 Å². The first kappa shape index (κ1) is 21.2. The van der Waals surface area contributed by atoms with Gasteiger partial charge in [0.05, 0.1) is 12.1 Å². The topological polar surface area (TPSA) is 102 Å². The van der Waals surface area contributed by atoms with Gasteiger partial charge in [-0.1, -0.05) is 30.3 Å². The number of hydrogen-bond donors (Lipinski definition) is 1. The highest BCUT2D eigenvalue weighted by atomic mass is 32.1. The Bertz CT molecular complexity index is 1440. The zero-order chi connectivity index (χ0) is 23.1. The standard InChI is InChI=1S/C23H23N5O4S/c1-25-12-9-24-19(25)14-27-17-13-18(15-5-3-2-4-6-15)33-20(17)21(29)28(22(27)30)16-7-10-26(11-8-16)23(31)32/h2-6,9,12-13,16H,7-8,10-11,14H2,1H3,(H,31,32). The van der Waals surface area contributed by atoms with Crippen LogP contribution in [0.2, 0.25) is 0 Å². The molecule has 33 heavy (non-hydrogen) atoms. The van der Waals surface area contributed by atoms with E-state index in [0.717, 1.165) is 10.4 Å². The van der Waals surface area contributed by atoms with E-state index in [0.29, 0.717) is 42.0 Å². The summed E-state index contributed by atoms with van der Waals surface area (Å²) in [7, 11) is 1.87. The number of carbonyl (C=O) groups is 1. The molecule has 1 fully saturated rings. The molecule has 3 aromatic heterocycles. The average Bonchev–Trinajstić information content (AvgIpc) is 3.44. The van der Waals surface area contributed by atoms with Crippen LogP contribution in [0.25, 0.3) is 20.7 Å². The number of benzene rings is 1. The van der Waals surface area contributed by atoms with Crippen molar-refractivity contribution in [3.05, 3.63) is 75.5 Å². The molecule has 0 aliphatic carbocycles. The first-order valence-electron chi connectivity index (χ1n) is 10.7. The summed E-state index contributed by atoms with van der Waals surface area (Å²) < 4.78 is 5.31. The number of aryl methyl sites for hydroxylation is 1. The van der Waals surface area contributed by atoms with Gasteiger partial charge in [-0.05, 0) is 24.5 Å². The van der Waals surface area contributed by atoms with E-state index in [2.05, 4.69) is 4.98 Å². The molecular formula is C23H23N5O4S. The molecule has 1 aromatic carbocycles. The molecule has 0 saturated carbocycles. The summed E-state index contributed by atoms with van der Waals surface area (Å²) in [6.07, 6.45) is 3.36. The second-order valence-corrected chi connectivity index (χ2v) is 9.24. The summed E-state index contributed by atoms with van der Waals surface area (Å²) in [5.74, 6) is 0.705. The van der Waals surface area contributed by atoms with Crippen molar-refractivity contribution in [3.8, 4) is 10.4 Å². The lowest BCUT2D eigenvalue weighted by molar-refractivity contribution is 0.124. The highest BCUT2D eigenvalue weighted by Crippen LogP contribution is 2.32. The van der Waals surface area contributed by atoms with E-state index in [1.807, 2.05) is 54.2 Å². The highest BCUT2D eigenvalue weighted by Gasteiger charge is 2.28. The molecule has 170 valence electrons. The smallest absolute Gasteiger partial charge is 0.407 e. The summed E-state index contributed by atoms with van der Waals surface area (Å²) >= 11 is 1.38. The predicted molar refractivity (Wildman–Crippen MR) is 126 cm³/mol. The largest absolute Gasteiger partial charge is 0.465 e. The number of rotatable bonds is 4. The average molecular weight is 466 g/mol. The molecule has 0 atom stereocenters. The van der Waals surface area contributed by atoms with Crippen LogP contribution < -0.4 is 11.2 Å². The van der Waals surface area contributed by atoms with Crippen molar-refractivity contribution in [2.45, 2.75) is 25.4 Å². The van der Waals surface area contributed by atoms with Crippen LogP contribution >= 0.6 is 11.3 Å². The van der Waals surface area contributed by atoms with Crippen LogP contribution in [0.15, 0.2) is 58.4 Å². The molecule has 1 N–H and O–H groups in total. The third-order valence-corrected chi connectivity index (χ3v) is 7.39. The Hall–Kier alpha value is -3.66. The molecule has 0 spiro atoms. The zero-order valence-corrected chi connectivity index (χ0v) is 18.9. The minimum absolute atomic E-state index is 0.234. The summed E-state index contributed by atoms with van der Waals surface area (Å²) in [5.41, 5.74) is 0.875. The van der Waals surface area contributed by atoms with Gasteiger partial charge in [0.15, 0.2) is 0 Å². The van der Waals surface area contributed by atoms with Crippen molar-refractivity contribution in [2.75, 3.05) is 13.1 Å². The lowest BCUT2D eigenvalue weighted by Crippen LogP contribution is -2.46. The lowest BCUT2D eigenvalue weighted by atomic mass is 10.1. The Morgan fingerprint density at radius 1 is 1.18 bits per heavy atom. The molecule has 0 unspecified atom stereocenters. The molecule has 4 heterocycles. The maximum absolute atomic E-state index is 13.7. The molecule has 9 nitrogen and oxygen atoms in total. The van der Waals surface area contributed by atoms with Gasteiger partial charge in [0.25, 0.3) is 5.56 Å². The monoisotopic (exact) mass is 465 g/mol. The number of nitrogens with zero attached hydrogens (tertiary/aromatic N) is 5. The number of thiophene rings is 1. The summed E-state index contributed by atoms with van der Waals surface area (Å²) in [6, 6.07) is 11.3. The fourth-order valence-corrected chi connectivity index (χ4v) is 5.49. The number of fused-ring (bicyclic) bond motifs is 1. The van der Waals surface area contributed by atoms with Crippen LogP contribution in [0, 0.1) is 0 Å². The van der Waals surface area contributed by atoms with Crippen LogP contribution in [0.3, 0.4) is 0 Å². The SMILES string of the molecule is Cn1ccnc1Cn1c(=O)n(C2CCN(C(=O)O)CC2)c(=O)c2sc(-c3ccccc3)cc21. The maximum atomic E-state index is 13.7. The molecule has 1 aliphatic rings. The van der Waals surface area contributed by atoms with Crippen LogP contribution in [-0.2, 0) is 13.6 Å². The molecule has 0 radical (unpaired) electrons. The normalized spacial score (nSPS) is 14.8. The van der Waals surface area contributed by atoms with Crippen molar-refractivity contribution in [1.82, 2.24) is 23.6 Å². The number of hydrogen-bond acceptors (Lipinski definition) is 5. The fraction of sp³-hybridized carbons (Fsp3) is 0.304. The number of amides is 1. The number of imidazole rings is 1. The first-order chi connectivity index (χ1) is 15.9. The molecule has 4 aromatic rings. The van der Waals surface area contributed by atoms with Crippen molar-refractivity contribution in [1.29, 1.82) is 0 Å². The molecule has 1 saturated heterocycles. The second kappa shape index (κ2) is 8.36. The van der Waals surface area contributed by atoms with Crippen LogP contribution in [0.5, 0.6) is 0 Å². The van der Waals surface area contributed by atoms with Crippen LogP contribution in [-0.4, -0.2) is 47.9 Å². The van der Waals surface area contributed by atoms with Crippen LogP contribution in [0.4, 0.5) is 4.79 Å². The van der Waals surface area contributed by atoms with E-state index in [1.54, 1.807) is 10.8 Å². The third kappa shape index (κ3) is 3.76. The minimum atomic E-state index is -0.978. The molecule has 1 aliphatic heterocycles. The molecule has 5 rings (SSSR count). The molecule has 1 amide bonds. The quantitative estimate of drug-likeness (QED) is 0.499. The van der Waals surface area contributed by atoms with Gasteiger partial charge in [0.1, 0.15) is 10.5 Å². The Morgan fingerprint density at radius 2 is 1.91 bits per heavy atom. The number of aromatic nitrogens is 4. The van der Waals surface area contributed by atoms with Gasteiger partial charge in [-0.3, -0.25) is 13.9 Å². The van der Waals surface area contributed by atoms with Crippen molar-refractivity contribution < 1.29 is 9.90 Å². The Balaban J connectivity index is 1.67. The first-order valence-corrected chi connectivity index (χ1v) is 11.5. The van der Waals surface area contributed by atoms with E-state index in [4.69, 9.17) is 0 Å². The summed E-state index contributed by atoms with van der Waals surface area (Å²) in [5, 5.41) is 9.25. The predicted octanol–water partition coefficient (Wildman–Crippen LogP) is 2.99. The van der Waals surface area contributed by atoms with Crippen molar-refractivity contribution in [2.24, 2.45) is 7.05 Å². The van der Waals surface area contributed by atoms with Gasteiger partial charge in [-0.2, -0.15) is 0 Å². The van der Waals surface area contributed by atoms with Gasteiger partial charge in [0.2, 0.25) is 0 Å². The number of carboxylic acid groups (broad SMARTS) is 1.